The molecule has 1 heterocycles. The molecular formula is C9H9ClF3N3O. The molecule has 0 aromatic carbocycles. The number of alkyl halides is 3. The summed E-state index contributed by atoms with van der Waals surface area (Å²) in [7, 11) is 0. The summed E-state index contributed by atoms with van der Waals surface area (Å²) in [5.74, 6) is 0.146. The third-order valence-electron chi connectivity index (χ3n) is 1.81. The zero-order valence-corrected chi connectivity index (χ0v) is 9.27. The van der Waals surface area contributed by atoms with Crippen molar-refractivity contribution in [3.8, 4) is 0 Å². The van der Waals surface area contributed by atoms with Gasteiger partial charge in [-0.15, -0.1) is 0 Å². The van der Waals surface area contributed by atoms with Gasteiger partial charge in [-0.1, -0.05) is 11.6 Å². The Hall–Kier alpha value is -1.50. The summed E-state index contributed by atoms with van der Waals surface area (Å²) in [4.78, 5) is 13.5. The molecule has 8 heteroatoms. The average Bonchev–Trinajstić information content (AvgIpc) is 2.24. The highest BCUT2D eigenvalue weighted by Gasteiger charge is 2.31. The van der Waals surface area contributed by atoms with Crippen molar-refractivity contribution >= 4 is 23.8 Å². The second-order valence-electron chi connectivity index (χ2n) is 3.05. The number of carbonyl (C=O) groups is 1. The Labute approximate surface area is 100 Å². The summed E-state index contributed by atoms with van der Waals surface area (Å²) in [6.45, 7) is 0.638. The van der Waals surface area contributed by atoms with E-state index >= 15 is 0 Å². The number of anilines is 1. The lowest BCUT2D eigenvalue weighted by molar-refractivity contribution is -0.137. The van der Waals surface area contributed by atoms with Crippen LogP contribution in [0, 0.1) is 0 Å². The molecule has 0 aliphatic rings. The fraction of sp³-hybridized carbons (Fsp3) is 0.333. The van der Waals surface area contributed by atoms with Gasteiger partial charge in [-0.2, -0.15) is 13.2 Å². The second kappa shape index (κ2) is 5.72. The number of hydrogen-bond donors (Lipinski definition) is 2. The summed E-state index contributed by atoms with van der Waals surface area (Å²) < 4.78 is 36.9. The molecule has 0 aliphatic heterocycles. The van der Waals surface area contributed by atoms with Crippen molar-refractivity contribution in [1.82, 2.24) is 10.3 Å². The predicted octanol–water partition coefficient (Wildman–Crippen LogP) is 1.91. The molecule has 0 spiro atoms. The smallest absolute Gasteiger partial charge is 0.367 e. The van der Waals surface area contributed by atoms with Crippen LogP contribution < -0.4 is 10.6 Å². The van der Waals surface area contributed by atoms with Crippen molar-refractivity contribution in [2.24, 2.45) is 0 Å². The van der Waals surface area contributed by atoms with Crippen molar-refractivity contribution in [3.05, 3.63) is 22.8 Å². The van der Waals surface area contributed by atoms with Crippen molar-refractivity contribution in [2.45, 2.75) is 6.18 Å². The van der Waals surface area contributed by atoms with Crippen molar-refractivity contribution in [2.75, 3.05) is 18.4 Å². The maximum absolute atomic E-state index is 12.3. The maximum Gasteiger partial charge on any atom is 0.417 e. The average molecular weight is 268 g/mol. The zero-order valence-electron chi connectivity index (χ0n) is 8.51. The lowest BCUT2D eigenvalue weighted by Crippen LogP contribution is -2.21. The van der Waals surface area contributed by atoms with Gasteiger partial charge in [0.15, 0.2) is 0 Å². The number of nitrogens with one attached hydrogen (secondary N) is 2. The van der Waals surface area contributed by atoms with Crippen LogP contribution in [0.1, 0.15) is 5.56 Å². The number of aromatic nitrogens is 1. The molecule has 1 rings (SSSR count). The van der Waals surface area contributed by atoms with Gasteiger partial charge >= 0.3 is 6.18 Å². The highest BCUT2D eigenvalue weighted by molar-refractivity contribution is 6.32. The SMILES string of the molecule is O=CNCCNc1ncc(C(F)(F)F)cc1Cl. The van der Waals surface area contributed by atoms with E-state index in [-0.39, 0.29) is 10.8 Å². The monoisotopic (exact) mass is 267 g/mol. The summed E-state index contributed by atoms with van der Waals surface area (Å²) in [6, 6.07) is 0.796. The van der Waals surface area contributed by atoms with Gasteiger partial charge in [0.1, 0.15) is 5.82 Å². The first-order valence-electron chi connectivity index (χ1n) is 4.59. The Morgan fingerprint density at radius 1 is 1.41 bits per heavy atom. The van der Waals surface area contributed by atoms with Gasteiger partial charge in [-0.25, -0.2) is 4.98 Å². The number of halogens is 4. The fourth-order valence-electron chi connectivity index (χ4n) is 1.04. The van der Waals surface area contributed by atoms with Gasteiger partial charge in [-0.3, -0.25) is 4.79 Å². The number of carbonyl (C=O) groups excluding carboxylic acids is 1. The van der Waals surface area contributed by atoms with Gasteiger partial charge in [-0.05, 0) is 6.07 Å². The molecule has 17 heavy (non-hydrogen) atoms. The lowest BCUT2D eigenvalue weighted by Gasteiger charge is -2.10. The fourth-order valence-corrected chi connectivity index (χ4v) is 1.27. The molecule has 0 aliphatic carbocycles. The highest BCUT2D eigenvalue weighted by Crippen LogP contribution is 2.32. The first-order valence-corrected chi connectivity index (χ1v) is 4.96. The van der Waals surface area contributed by atoms with Crippen LogP contribution in [0.2, 0.25) is 5.02 Å². The number of pyridine rings is 1. The van der Waals surface area contributed by atoms with Gasteiger partial charge in [0.2, 0.25) is 6.41 Å². The number of nitrogens with zero attached hydrogens (tertiary/aromatic N) is 1. The number of rotatable bonds is 5. The lowest BCUT2D eigenvalue weighted by atomic mass is 10.3. The van der Waals surface area contributed by atoms with E-state index in [9.17, 15) is 18.0 Å². The summed E-state index contributed by atoms with van der Waals surface area (Å²) in [6.07, 6.45) is -3.25. The van der Waals surface area contributed by atoms with E-state index in [0.29, 0.717) is 25.7 Å². The van der Waals surface area contributed by atoms with E-state index in [1.165, 1.54) is 0 Å². The van der Waals surface area contributed by atoms with Crippen LogP contribution in [0.3, 0.4) is 0 Å². The molecule has 94 valence electrons. The van der Waals surface area contributed by atoms with Crippen LogP contribution in [-0.2, 0) is 11.0 Å². The predicted molar refractivity (Wildman–Crippen MR) is 56.8 cm³/mol. The minimum absolute atomic E-state index is 0.120. The van der Waals surface area contributed by atoms with Crippen molar-refractivity contribution in [1.29, 1.82) is 0 Å². The Balaban J connectivity index is 2.67. The van der Waals surface area contributed by atoms with E-state index < -0.39 is 11.7 Å². The van der Waals surface area contributed by atoms with Crippen LogP contribution >= 0.6 is 11.6 Å². The van der Waals surface area contributed by atoms with E-state index in [0.717, 1.165) is 6.07 Å². The third kappa shape index (κ3) is 4.10. The molecule has 1 aromatic rings. The van der Waals surface area contributed by atoms with Gasteiger partial charge in [0, 0.05) is 19.3 Å². The highest BCUT2D eigenvalue weighted by atomic mass is 35.5. The molecule has 2 N–H and O–H groups in total. The minimum atomic E-state index is -4.46. The molecule has 0 fully saturated rings. The van der Waals surface area contributed by atoms with Crippen LogP contribution in [0.15, 0.2) is 12.3 Å². The third-order valence-corrected chi connectivity index (χ3v) is 2.10. The van der Waals surface area contributed by atoms with Gasteiger partial charge in [0.25, 0.3) is 0 Å². The Morgan fingerprint density at radius 2 is 2.12 bits per heavy atom. The molecule has 0 unspecified atom stereocenters. The Kier molecular flexibility index (Phi) is 4.56. The molecule has 0 saturated carbocycles. The topological polar surface area (TPSA) is 54.0 Å². The Morgan fingerprint density at radius 3 is 2.65 bits per heavy atom. The van der Waals surface area contributed by atoms with Gasteiger partial charge < -0.3 is 10.6 Å². The molecule has 0 saturated heterocycles. The van der Waals surface area contributed by atoms with E-state index in [4.69, 9.17) is 11.6 Å². The van der Waals surface area contributed by atoms with Crippen LogP contribution in [0.4, 0.5) is 19.0 Å². The first kappa shape index (κ1) is 13.6. The van der Waals surface area contributed by atoms with Crippen molar-refractivity contribution in [3.63, 3.8) is 0 Å². The second-order valence-corrected chi connectivity index (χ2v) is 3.46. The zero-order chi connectivity index (χ0) is 12.9. The van der Waals surface area contributed by atoms with Crippen LogP contribution in [0.5, 0.6) is 0 Å². The molecule has 1 amide bonds. The largest absolute Gasteiger partial charge is 0.417 e. The maximum atomic E-state index is 12.3. The van der Waals surface area contributed by atoms with E-state index in [2.05, 4.69) is 15.6 Å². The molecular weight excluding hydrogens is 259 g/mol. The summed E-state index contributed by atoms with van der Waals surface area (Å²) in [5.41, 5.74) is -0.904. The van der Waals surface area contributed by atoms with E-state index in [1.807, 2.05) is 0 Å². The first-order chi connectivity index (χ1) is 7.95. The standard InChI is InChI=1S/C9H9ClF3N3O/c10-7-3-6(9(11,12)13)4-16-8(7)15-2-1-14-5-17/h3-5H,1-2H2,(H,14,17)(H,15,16). The molecule has 4 nitrogen and oxygen atoms in total. The Bertz CT molecular complexity index is 398. The summed E-state index contributed by atoms with van der Waals surface area (Å²) >= 11 is 5.63. The molecule has 0 bridgehead atoms. The summed E-state index contributed by atoms with van der Waals surface area (Å²) in [5, 5.41) is 4.95. The normalized spacial score (nSPS) is 11.1. The quantitative estimate of drug-likeness (QED) is 0.633. The molecule has 0 atom stereocenters. The van der Waals surface area contributed by atoms with Gasteiger partial charge in [0.05, 0.1) is 10.6 Å². The van der Waals surface area contributed by atoms with Crippen LogP contribution in [0.25, 0.3) is 0 Å². The van der Waals surface area contributed by atoms with Crippen molar-refractivity contribution < 1.29 is 18.0 Å². The molecule has 1 aromatic heterocycles. The number of hydrogen-bond acceptors (Lipinski definition) is 3. The van der Waals surface area contributed by atoms with E-state index in [1.54, 1.807) is 0 Å². The van der Waals surface area contributed by atoms with Crippen LogP contribution in [-0.4, -0.2) is 24.5 Å². The minimum Gasteiger partial charge on any atom is -0.367 e. The molecule has 0 radical (unpaired) electrons. The number of amides is 1.